The predicted molar refractivity (Wildman–Crippen MR) is 127 cm³/mol. The molecule has 4 rings (SSSR count). The van der Waals surface area contributed by atoms with Crippen molar-refractivity contribution in [2.45, 2.75) is 43.0 Å². The summed E-state index contributed by atoms with van der Waals surface area (Å²) in [5.74, 6) is -1.51. The Kier molecular flexibility index (Phi) is 7.47. The van der Waals surface area contributed by atoms with Crippen LogP contribution in [0.1, 0.15) is 24.1 Å². The Morgan fingerprint density at radius 1 is 1.26 bits per heavy atom. The van der Waals surface area contributed by atoms with Crippen LogP contribution >= 0.6 is 11.8 Å². The van der Waals surface area contributed by atoms with Gasteiger partial charge in [0.1, 0.15) is 0 Å². The lowest BCUT2D eigenvalue weighted by molar-refractivity contribution is -0.153. The van der Waals surface area contributed by atoms with Crippen LogP contribution in [0, 0.1) is 11.3 Å². The van der Waals surface area contributed by atoms with E-state index in [9.17, 15) is 25.1 Å². The first kappa shape index (κ1) is 23.8. The number of thioether (sulfide) groups is 1. The topological polar surface area (TPSA) is 139 Å². The highest BCUT2D eigenvalue weighted by Gasteiger charge is 2.41. The molecule has 34 heavy (non-hydrogen) atoms. The molecule has 2 aliphatic rings. The SMILES string of the molecule is N#Cc1ccccc1-c1ccc(CNC(=O)[C@H](O)[C@@H](O)C(=O)N2CCC[C@@H]2C2NC=CS2)nc1. The standard InChI is InChI=1S/C24H25N5O4S/c25-12-15-4-1-2-5-18(15)16-7-8-17(27-13-16)14-28-22(32)20(30)21(31)24(33)29-10-3-6-19(29)23-26-9-11-34-23/h1-2,4-5,7-9,11,13,19-21,23,26,30-31H,3,6,10,14H2,(H,28,32)/t19-,20-,21-,23?/m1/s1. The highest BCUT2D eigenvalue weighted by molar-refractivity contribution is 8.03. The molecule has 9 nitrogen and oxygen atoms in total. The summed E-state index contributed by atoms with van der Waals surface area (Å²) in [4.78, 5) is 31.0. The van der Waals surface area contributed by atoms with Crippen molar-refractivity contribution in [1.82, 2.24) is 20.5 Å². The van der Waals surface area contributed by atoms with Gasteiger partial charge in [-0.15, -0.1) is 11.8 Å². The maximum atomic E-state index is 12.8. The third-order valence-corrected chi connectivity index (χ3v) is 6.97. The number of carbonyl (C=O) groups is 2. The van der Waals surface area contributed by atoms with Gasteiger partial charge in [0, 0.05) is 30.1 Å². The summed E-state index contributed by atoms with van der Waals surface area (Å²) in [6.07, 6.45) is 1.26. The number of carbonyl (C=O) groups excluding carboxylic acids is 2. The van der Waals surface area contributed by atoms with E-state index >= 15 is 0 Å². The summed E-state index contributed by atoms with van der Waals surface area (Å²) < 4.78 is 0. The number of hydrogen-bond acceptors (Lipinski definition) is 8. The number of aromatic nitrogens is 1. The molecule has 0 aliphatic carbocycles. The lowest BCUT2D eigenvalue weighted by atomic mass is 10.0. The summed E-state index contributed by atoms with van der Waals surface area (Å²) >= 11 is 1.56. The van der Waals surface area contributed by atoms with Gasteiger partial charge >= 0.3 is 0 Å². The van der Waals surface area contributed by atoms with Gasteiger partial charge in [-0.25, -0.2) is 0 Å². The van der Waals surface area contributed by atoms with Crippen molar-refractivity contribution in [2.75, 3.05) is 6.54 Å². The molecule has 1 unspecified atom stereocenters. The van der Waals surface area contributed by atoms with E-state index in [0.29, 0.717) is 17.8 Å². The highest BCUT2D eigenvalue weighted by atomic mass is 32.2. The number of benzene rings is 1. The molecule has 0 spiro atoms. The normalized spacial score (nSPS) is 20.9. The second-order valence-electron chi connectivity index (χ2n) is 8.07. The molecule has 2 amide bonds. The monoisotopic (exact) mass is 479 g/mol. The molecule has 10 heteroatoms. The molecule has 2 aliphatic heterocycles. The van der Waals surface area contributed by atoms with E-state index in [4.69, 9.17) is 0 Å². The van der Waals surface area contributed by atoms with Crippen LogP contribution in [0.25, 0.3) is 11.1 Å². The number of pyridine rings is 1. The second-order valence-corrected chi connectivity index (χ2v) is 9.12. The molecular formula is C24H25N5O4S. The maximum absolute atomic E-state index is 12.8. The van der Waals surface area contributed by atoms with Gasteiger partial charge in [-0.3, -0.25) is 14.6 Å². The van der Waals surface area contributed by atoms with Crippen molar-refractivity contribution in [3.05, 3.63) is 65.5 Å². The number of aliphatic hydroxyl groups excluding tert-OH is 2. The number of hydrogen-bond donors (Lipinski definition) is 4. The quantitative estimate of drug-likeness (QED) is 0.463. The molecule has 1 saturated heterocycles. The van der Waals surface area contributed by atoms with E-state index in [1.54, 1.807) is 42.2 Å². The fourth-order valence-corrected chi connectivity index (χ4v) is 5.08. The number of likely N-dealkylation sites (tertiary alicyclic amines) is 1. The molecule has 3 heterocycles. The van der Waals surface area contributed by atoms with Crippen LogP contribution in [0.4, 0.5) is 0 Å². The van der Waals surface area contributed by atoms with Gasteiger partial charge in [-0.2, -0.15) is 5.26 Å². The first-order valence-electron chi connectivity index (χ1n) is 10.9. The third kappa shape index (κ3) is 5.07. The fourth-order valence-electron chi connectivity index (χ4n) is 4.13. The minimum atomic E-state index is -1.89. The van der Waals surface area contributed by atoms with E-state index < -0.39 is 24.0 Å². The maximum Gasteiger partial charge on any atom is 0.255 e. The Morgan fingerprint density at radius 2 is 2.09 bits per heavy atom. The molecule has 176 valence electrons. The van der Waals surface area contributed by atoms with Gasteiger partial charge in [0.05, 0.1) is 35.3 Å². The van der Waals surface area contributed by atoms with Gasteiger partial charge < -0.3 is 25.7 Å². The summed E-state index contributed by atoms with van der Waals surface area (Å²) in [6, 6.07) is 12.7. The van der Waals surface area contributed by atoms with Crippen molar-refractivity contribution in [2.24, 2.45) is 0 Å². The van der Waals surface area contributed by atoms with Crippen LogP contribution < -0.4 is 10.6 Å². The predicted octanol–water partition coefficient (Wildman–Crippen LogP) is 1.08. The molecule has 0 saturated carbocycles. The van der Waals surface area contributed by atoms with Gasteiger partial charge in [-0.1, -0.05) is 24.3 Å². The van der Waals surface area contributed by atoms with Gasteiger partial charge in [0.15, 0.2) is 12.2 Å². The first-order valence-corrected chi connectivity index (χ1v) is 11.9. The van der Waals surface area contributed by atoms with Crippen LogP contribution in [0.3, 0.4) is 0 Å². The van der Waals surface area contributed by atoms with E-state index in [1.807, 2.05) is 23.7 Å². The molecule has 4 N–H and O–H groups in total. The Bertz CT molecular complexity index is 1110. The Hall–Kier alpha value is -3.39. The molecule has 1 fully saturated rings. The van der Waals surface area contributed by atoms with Gasteiger partial charge in [0.25, 0.3) is 11.8 Å². The van der Waals surface area contributed by atoms with E-state index in [2.05, 4.69) is 21.7 Å². The van der Waals surface area contributed by atoms with Crippen molar-refractivity contribution >= 4 is 23.6 Å². The zero-order chi connectivity index (χ0) is 24.1. The molecule has 0 bridgehead atoms. The summed E-state index contributed by atoms with van der Waals surface area (Å²) in [5.41, 5.74) is 2.58. The Morgan fingerprint density at radius 3 is 2.79 bits per heavy atom. The van der Waals surface area contributed by atoms with Crippen LogP contribution in [0.2, 0.25) is 0 Å². The van der Waals surface area contributed by atoms with Crippen LogP contribution in [0.15, 0.2) is 54.2 Å². The smallest absolute Gasteiger partial charge is 0.255 e. The minimum Gasteiger partial charge on any atom is -0.380 e. The zero-order valence-electron chi connectivity index (χ0n) is 18.3. The molecule has 1 aromatic carbocycles. The van der Waals surface area contributed by atoms with E-state index in [-0.39, 0.29) is 18.0 Å². The number of nitriles is 1. The number of rotatable bonds is 7. The van der Waals surface area contributed by atoms with Crippen molar-refractivity contribution in [3.63, 3.8) is 0 Å². The van der Waals surface area contributed by atoms with Crippen LogP contribution in [0.5, 0.6) is 0 Å². The van der Waals surface area contributed by atoms with Crippen LogP contribution in [-0.2, 0) is 16.1 Å². The summed E-state index contributed by atoms with van der Waals surface area (Å²) in [7, 11) is 0. The number of aliphatic hydroxyl groups is 2. The number of nitrogens with one attached hydrogen (secondary N) is 2. The third-order valence-electron chi connectivity index (χ3n) is 5.93. The van der Waals surface area contributed by atoms with Crippen molar-refractivity contribution in [1.29, 1.82) is 5.26 Å². The molecule has 4 atom stereocenters. The fraction of sp³-hybridized carbons (Fsp3) is 0.333. The van der Waals surface area contributed by atoms with Crippen molar-refractivity contribution in [3.8, 4) is 17.2 Å². The lowest BCUT2D eigenvalue weighted by Crippen LogP contribution is -2.54. The molecule has 2 aromatic rings. The minimum absolute atomic E-state index is 0.00112. The first-order chi connectivity index (χ1) is 16.5. The van der Waals surface area contributed by atoms with Crippen molar-refractivity contribution < 1.29 is 19.8 Å². The average molecular weight is 480 g/mol. The molecular weight excluding hydrogens is 454 g/mol. The zero-order valence-corrected chi connectivity index (χ0v) is 19.1. The largest absolute Gasteiger partial charge is 0.380 e. The second kappa shape index (κ2) is 10.7. The molecule has 1 aromatic heterocycles. The van der Waals surface area contributed by atoms with Gasteiger partial charge in [0.2, 0.25) is 0 Å². The van der Waals surface area contributed by atoms with Crippen LogP contribution in [-0.4, -0.2) is 62.1 Å². The van der Waals surface area contributed by atoms with E-state index in [0.717, 1.165) is 24.0 Å². The lowest BCUT2D eigenvalue weighted by Gasteiger charge is -2.31. The number of nitrogens with zero attached hydrogens (tertiary/aromatic N) is 3. The average Bonchev–Trinajstić information content (AvgIpc) is 3.58. The van der Waals surface area contributed by atoms with E-state index in [1.165, 1.54) is 4.90 Å². The summed E-state index contributed by atoms with van der Waals surface area (Å²) in [6.45, 7) is 0.483. The molecule has 0 radical (unpaired) electrons. The summed E-state index contributed by atoms with van der Waals surface area (Å²) in [5, 5.41) is 37.6. The Balaban J connectivity index is 1.32. The van der Waals surface area contributed by atoms with Gasteiger partial charge in [-0.05, 0) is 30.4 Å². The number of amides is 2. The Labute approximate surface area is 201 Å². The highest BCUT2D eigenvalue weighted by Crippen LogP contribution is 2.30.